The van der Waals surface area contributed by atoms with Gasteiger partial charge in [-0.3, -0.25) is 9.69 Å². The van der Waals surface area contributed by atoms with Gasteiger partial charge >= 0.3 is 0 Å². The molecule has 0 saturated carbocycles. The van der Waals surface area contributed by atoms with Crippen molar-refractivity contribution in [2.75, 3.05) is 13.1 Å². The molecule has 0 aromatic carbocycles. The molecule has 0 bridgehead atoms. The highest BCUT2D eigenvalue weighted by atomic mass is 79.9. The van der Waals surface area contributed by atoms with Crippen LogP contribution in [0.4, 0.5) is 0 Å². The summed E-state index contributed by atoms with van der Waals surface area (Å²) in [4.78, 5) is 15.3. The maximum absolute atomic E-state index is 12.2. The topological polar surface area (TPSA) is 20.3 Å². The smallest absolute Gasteiger partial charge is 0.187 e. The third kappa shape index (κ3) is 4.82. The number of Topliss-reactive ketones (excluding diaryl/α,β-unsaturated/α-hetero) is 1. The zero-order valence-electron chi connectivity index (χ0n) is 11.4. The van der Waals surface area contributed by atoms with Crippen molar-refractivity contribution in [3.05, 3.63) is 20.8 Å². The van der Waals surface area contributed by atoms with Crippen LogP contribution in [0.2, 0.25) is 0 Å². The average Bonchev–Trinajstić information content (AvgIpc) is 2.74. The van der Waals surface area contributed by atoms with Crippen LogP contribution >= 0.6 is 27.3 Å². The van der Waals surface area contributed by atoms with Crippen LogP contribution < -0.4 is 0 Å². The lowest BCUT2D eigenvalue weighted by Gasteiger charge is -2.25. The first-order valence-electron chi connectivity index (χ1n) is 6.56. The normalized spacial score (nSPS) is 11.4. The van der Waals surface area contributed by atoms with Gasteiger partial charge < -0.3 is 0 Å². The predicted octanol–water partition coefficient (Wildman–Crippen LogP) is 4.59. The van der Waals surface area contributed by atoms with Crippen molar-refractivity contribution in [3.63, 3.8) is 0 Å². The molecule has 0 radical (unpaired) electrons. The van der Waals surface area contributed by atoms with Gasteiger partial charge in [0.15, 0.2) is 5.78 Å². The Hall–Kier alpha value is -0.190. The molecule has 0 atom stereocenters. The number of unbranched alkanes of at least 4 members (excludes halogenated alkanes) is 2. The van der Waals surface area contributed by atoms with Crippen molar-refractivity contribution in [3.8, 4) is 0 Å². The summed E-state index contributed by atoms with van der Waals surface area (Å²) in [5.74, 6) is 0.224. The van der Waals surface area contributed by atoms with Crippen molar-refractivity contribution in [1.82, 2.24) is 4.90 Å². The first-order chi connectivity index (χ1) is 8.56. The van der Waals surface area contributed by atoms with Crippen LogP contribution in [-0.4, -0.2) is 29.8 Å². The Morgan fingerprint density at radius 3 is 2.67 bits per heavy atom. The third-order valence-corrected chi connectivity index (χ3v) is 4.88. The van der Waals surface area contributed by atoms with Gasteiger partial charge in [-0.2, -0.15) is 0 Å². The molecule has 1 heterocycles. The second-order valence-corrected chi connectivity index (χ2v) is 6.56. The molecule has 0 unspecified atom stereocenters. The number of carbonyl (C=O) groups is 1. The van der Waals surface area contributed by atoms with Crippen molar-refractivity contribution in [2.45, 2.75) is 46.1 Å². The number of ketones is 1. The lowest BCUT2D eigenvalue weighted by molar-refractivity contribution is 0.0907. The largest absolute Gasteiger partial charge is 0.293 e. The van der Waals surface area contributed by atoms with E-state index in [1.165, 1.54) is 30.6 Å². The van der Waals surface area contributed by atoms with E-state index in [1.54, 1.807) is 0 Å². The van der Waals surface area contributed by atoms with Gasteiger partial charge in [-0.25, -0.2) is 0 Å². The molecule has 1 aromatic rings. The number of carbonyl (C=O) groups excluding carboxylic acids is 1. The molecule has 0 aliphatic carbocycles. The average molecular weight is 332 g/mol. The van der Waals surface area contributed by atoms with E-state index >= 15 is 0 Å². The van der Waals surface area contributed by atoms with E-state index in [9.17, 15) is 4.79 Å². The standard InChI is InChI=1S/C14H22BrNOS/c1-4-5-6-8-16(11(2)3)10-13(17)14-12(15)7-9-18-14/h7,9,11H,4-6,8,10H2,1-3H3. The van der Waals surface area contributed by atoms with E-state index in [1.807, 2.05) is 11.4 Å². The summed E-state index contributed by atoms with van der Waals surface area (Å²) >= 11 is 4.95. The van der Waals surface area contributed by atoms with E-state index in [2.05, 4.69) is 41.6 Å². The Morgan fingerprint density at radius 1 is 1.44 bits per heavy atom. The summed E-state index contributed by atoms with van der Waals surface area (Å²) in [7, 11) is 0. The molecule has 0 N–H and O–H groups in total. The van der Waals surface area contributed by atoms with Gasteiger partial charge in [0.05, 0.1) is 11.4 Å². The van der Waals surface area contributed by atoms with Crippen LogP contribution in [-0.2, 0) is 0 Å². The molecular weight excluding hydrogens is 310 g/mol. The van der Waals surface area contributed by atoms with Crippen LogP contribution in [0.15, 0.2) is 15.9 Å². The van der Waals surface area contributed by atoms with Crippen LogP contribution in [0, 0.1) is 0 Å². The molecule has 0 spiro atoms. The number of thiophene rings is 1. The molecule has 0 fully saturated rings. The van der Waals surface area contributed by atoms with Gasteiger partial charge in [-0.05, 0) is 54.2 Å². The number of halogens is 1. The van der Waals surface area contributed by atoms with E-state index in [0.29, 0.717) is 12.6 Å². The molecule has 1 aromatic heterocycles. The Bertz CT molecular complexity index is 376. The molecule has 1 rings (SSSR count). The van der Waals surface area contributed by atoms with E-state index < -0.39 is 0 Å². The SMILES string of the molecule is CCCCCN(CC(=O)c1sccc1Br)C(C)C. The fourth-order valence-electron chi connectivity index (χ4n) is 1.83. The molecule has 0 aliphatic rings. The maximum Gasteiger partial charge on any atom is 0.187 e. The zero-order chi connectivity index (χ0) is 13.5. The van der Waals surface area contributed by atoms with Gasteiger partial charge in [0.2, 0.25) is 0 Å². The van der Waals surface area contributed by atoms with Crippen molar-refractivity contribution >= 4 is 33.0 Å². The van der Waals surface area contributed by atoms with Gasteiger partial charge in [-0.15, -0.1) is 11.3 Å². The quantitative estimate of drug-likeness (QED) is 0.512. The van der Waals surface area contributed by atoms with Gasteiger partial charge in [0.1, 0.15) is 0 Å². The van der Waals surface area contributed by atoms with Crippen LogP contribution in [0.5, 0.6) is 0 Å². The van der Waals surface area contributed by atoms with Crippen LogP contribution in [0.25, 0.3) is 0 Å². The lowest BCUT2D eigenvalue weighted by Crippen LogP contribution is -2.36. The first kappa shape index (κ1) is 15.9. The summed E-state index contributed by atoms with van der Waals surface area (Å²) in [5.41, 5.74) is 0. The Morgan fingerprint density at radius 2 is 2.17 bits per heavy atom. The Labute approximate surface area is 123 Å². The van der Waals surface area contributed by atoms with Crippen LogP contribution in [0.1, 0.15) is 49.7 Å². The molecule has 2 nitrogen and oxygen atoms in total. The fourth-order valence-corrected chi connectivity index (χ4v) is 3.36. The summed E-state index contributed by atoms with van der Waals surface area (Å²) in [5, 5.41) is 1.95. The summed E-state index contributed by atoms with van der Waals surface area (Å²) < 4.78 is 0.926. The minimum absolute atomic E-state index is 0.224. The van der Waals surface area contributed by atoms with Crippen molar-refractivity contribution in [2.24, 2.45) is 0 Å². The molecular formula is C14H22BrNOS. The van der Waals surface area contributed by atoms with Gasteiger partial charge in [0.25, 0.3) is 0 Å². The summed E-state index contributed by atoms with van der Waals surface area (Å²) in [6.45, 7) is 8.06. The zero-order valence-corrected chi connectivity index (χ0v) is 13.8. The number of hydrogen-bond acceptors (Lipinski definition) is 3. The summed E-state index contributed by atoms with van der Waals surface area (Å²) in [6.07, 6.45) is 3.63. The van der Waals surface area contributed by atoms with Crippen molar-refractivity contribution < 1.29 is 4.79 Å². The maximum atomic E-state index is 12.2. The monoisotopic (exact) mass is 331 g/mol. The van der Waals surface area contributed by atoms with Crippen LogP contribution in [0.3, 0.4) is 0 Å². The lowest BCUT2D eigenvalue weighted by atomic mass is 10.2. The van der Waals surface area contributed by atoms with E-state index in [-0.39, 0.29) is 5.78 Å². The minimum Gasteiger partial charge on any atom is -0.293 e. The number of hydrogen-bond donors (Lipinski definition) is 0. The minimum atomic E-state index is 0.224. The molecule has 0 saturated heterocycles. The predicted molar refractivity (Wildman–Crippen MR) is 82.6 cm³/mol. The Kier molecular flexibility index (Phi) is 7.12. The summed E-state index contributed by atoms with van der Waals surface area (Å²) in [6, 6.07) is 2.36. The first-order valence-corrected chi connectivity index (χ1v) is 8.23. The second-order valence-electron chi connectivity index (χ2n) is 4.79. The molecule has 0 aliphatic heterocycles. The molecule has 102 valence electrons. The highest BCUT2D eigenvalue weighted by Gasteiger charge is 2.17. The van der Waals surface area contributed by atoms with E-state index in [4.69, 9.17) is 0 Å². The molecule has 0 amide bonds. The molecule has 18 heavy (non-hydrogen) atoms. The third-order valence-electron chi connectivity index (χ3n) is 3.00. The Balaban J connectivity index is 2.55. The van der Waals surface area contributed by atoms with Gasteiger partial charge in [-0.1, -0.05) is 19.8 Å². The second kappa shape index (κ2) is 8.08. The van der Waals surface area contributed by atoms with E-state index in [0.717, 1.165) is 15.9 Å². The fraction of sp³-hybridized carbons (Fsp3) is 0.643. The highest BCUT2D eigenvalue weighted by molar-refractivity contribution is 9.10. The molecule has 4 heteroatoms. The van der Waals surface area contributed by atoms with Crippen molar-refractivity contribution in [1.29, 1.82) is 0 Å². The highest BCUT2D eigenvalue weighted by Crippen LogP contribution is 2.23. The number of nitrogens with zero attached hydrogens (tertiary/aromatic N) is 1. The number of rotatable bonds is 8. The van der Waals surface area contributed by atoms with Gasteiger partial charge in [0, 0.05) is 10.5 Å².